The largest absolute Gasteiger partial charge is 0.491 e. The molecule has 1 fully saturated rings. The maximum absolute atomic E-state index is 12.6. The highest BCUT2D eigenvalue weighted by molar-refractivity contribution is 5.94. The van der Waals surface area contributed by atoms with Crippen molar-refractivity contribution in [3.05, 3.63) is 29.8 Å². The molecule has 0 aromatic heterocycles. The van der Waals surface area contributed by atoms with E-state index in [4.69, 9.17) is 9.47 Å². The van der Waals surface area contributed by atoms with Crippen LogP contribution in [0.15, 0.2) is 24.3 Å². The second-order valence-electron chi connectivity index (χ2n) is 5.35. The van der Waals surface area contributed by atoms with E-state index in [2.05, 4.69) is 19.2 Å². The van der Waals surface area contributed by atoms with Gasteiger partial charge in [-0.1, -0.05) is 0 Å². The van der Waals surface area contributed by atoms with Gasteiger partial charge in [0.15, 0.2) is 0 Å². The summed E-state index contributed by atoms with van der Waals surface area (Å²) in [5.74, 6) is 0.838. The number of rotatable bonds is 5. The summed E-state index contributed by atoms with van der Waals surface area (Å²) in [6.45, 7) is 6.84. The lowest BCUT2D eigenvalue weighted by molar-refractivity contribution is 0.0603. The summed E-state index contributed by atoms with van der Waals surface area (Å²) in [6.07, 6.45) is 0. The van der Waals surface area contributed by atoms with Crippen molar-refractivity contribution >= 4 is 18.3 Å². The maximum atomic E-state index is 12.6. The summed E-state index contributed by atoms with van der Waals surface area (Å²) in [5.41, 5.74) is 0.704. The SMILES string of the molecule is COCCOc1ccc(C(=O)N2CCNC(C)C2C)cc1.Cl. The number of nitrogens with zero attached hydrogens (tertiary/aromatic N) is 1. The quantitative estimate of drug-likeness (QED) is 0.839. The molecule has 1 aliphatic rings. The minimum atomic E-state index is 0. The molecule has 2 atom stereocenters. The fourth-order valence-electron chi connectivity index (χ4n) is 2.45. The number of amides is 1. The van der Waals surface area contributed by atoms with E-state index in [0.717, 1.165) is 18.8 Å². The summed E-state index contributed by atoms with van der Waals surface area (Å²) >= 11 is 0. The number of nitrogens with one attached hydrogen (secondary N) is 1. The molecule has 1 aliphatic heterocycles. The first kappa shape index (κ1) is 18.7. The van der Waals surface area contributed by atoms with Crippen molar-refractivity contribution in [1.82, 2.24) is 10.2 Å². The van der Waals surface area contributed by atoms with E-state index in [0.29, 0.717) is 24.8 Å². The van der Waals surface area contributed by atoms with Gasteiger partial charge in [0.2, 0.25) is 0 Å². The van der Waals surface area contributed by atoms with E-state index < -0.39 is 0 Å². The van der Waals surface area contributed by atoms with Crippen LogP contribution in [-0.2, 0) is 4.74 Å². The molecule has 2 unspecified atom stereocenters. The van der Waals surface area contributed by atoms with Gasteiger partial charge in [0.1, 0.15) is 12.4 Å². The van der Waals surface area contributed by atoms with Gasteiger partial charge in [-0.25, -0.2) is 0 Å². The number of halogens is 1. The Morgan fingerprint density at radius 2 is 1.95 bits per heavy atom. The Balaban J connectivity index is 0.00000242. The van der Waals surface area contributed by atoms with E-state index in [9.17, 15) is 4.79 Å². The molecule has 1 N–H and O–H groups in total. The molecule has 1 saturated heterocycles. The second kappa shape index (κ2) is 8.98. The van der Waals surface area contributed by atoms with Gasteiger partial charge in [-0.05, 0) is 38.1 Å². The highest BCUT2D eigenvalue weighted by Gasteiger charge is 2.28. The van der Waals surface area contributed by atoms with E-state index in [-0.39, 0.29) is 24.4 Å². The van der Waals surface area contributed by atoms with E-state index in [1.54, 1.807) is 7.11 Å². The second-order valence-corrected chi connectivity index (χ2v) is 5.35. The van der Waals surface area contributed by atoms with Gasteiger partial charge in [-0.3, -0.25) is 4.79 Å². The van der Waals surface area contributed by atoms with Gasteiger partial charge >= 0.3 is 0 Å². The Hall–Kier alpha value is -1.30. The van der Waals surface area contributed by atoms with Crippen molar-refractivity contribution < 1.29 is 14.3 Å². The minimum absolute atomic E-state index is 0. The van der Waals surface area contributed by atoms with Gasteiger partial charge in [-0.15, -0.1) is 12.4 Å². The normalized spacial score (nSPS) is 21.1. The molecule has 1 heterocycles. The average Bonchev–Trinajstić information content (AvgIpc) is 2.50. The molecule has 1 aromatic carbocycles. The van der Waals surface area contributed by atoms with Crippen LogP contribution in [-0.4, -0.2) is 56.3 Å². The molecule has 22 heavy (non-hydrogen) atoms. The number of benzene rings is 1. The van der Waals surface area contributed by atoms with Gasteiger partial charge in [-0.2, -0.15) is 0 Å². The number of carbonyl (C=O) groups excluding carboxylic acids is 1. The number of hydrogen-bond acceptors (Lipinski definition) is 4. The fraction of sp³-hybridized carbons (Fsp3) is 0.562. The Morgan fingerprint density at radius 1 is 1.27 bits per heavy atom. The molecule has 6 heteroatoms. The molecule has 0 saturated carbocycles. The Labute approximate surface area is 138 Å². The molecular weight excluding hydrogens is 304 g/mol. The Bertz CT molecular complexity index is 467. The van der Waals surface area contributed by atoms with E-state index in [1.807, 2.05) is 29.2 Å². The van der Waals surface area contributed by atoms with Crippen molar-refractivity contribution in [2.75, 3.05) is 33.4 Å². The lowest BCUT2D eigenvalue weighted by Gasteiger charge is -2.38. The van der Waals surface area contributed by atoms with Crippen molar-refractivity contribution in [2.45, 2.75) is 25.9 Å². The van der Waals surface area contributed by atoms with Crippen LogP contribution in [0.4, 0.5) is 0 Å². The van der Waals surface area contributed by atoms with Crippen molar-refractivity contribution in [3.63, 3.8) is 0 Å². The number of ether oxygens (including phenoxy) is 2. The summed E-state index contributed by atoms with van der Waals surface area (Å²) in [4.78, 5) is 14.5. The highest BCUT2D eigenvalue weighted by Crippen LogP contribution is 2.17. The molecular formula is C16H25ClN2O3. The summed E-state index contributed by atoms with van der Waals surface area (Å²) in [7, 11) is 1.64. The number of hydrogen-bond donors (Lipinski definition) is 1. The smallest absolute Gasteiger partial charge is 0.254 e. The monoisotopic (exact) mass is 328 g/mol. The first-order valence-corrected chi connectivity index (χ1v) is 7.39. The van der Waals surface area contributed by atoms with Gasteiger partial charge in [0, 0.05) is 37.8 Å². The summed E-state index contributed by atoms with van der Waals surface area (Å²) in [6, 6.07) is 7.83. The molecule has 0 bridgehead atoms. The van der Waals surface area contributed by atoms with Crippen LogP contribution in [0.3, 0.4) is 0 Å². The van der Waals surface area contributed by atoms with Crippen LogP contribution < -0.4 is 10.1 Å². The molecule has 5 nitrogen and oxygen atoms in total. The number of piperazine rings is 1. The van der Waals surface area contributed by atoms with Crippen LogP contribution >= 0.6 is 12.4 Å². The zero-order valence-electron chi connectivity index (χ0n) is 13.4. The third-order valence-electron chi connectivity index (χ3n) is 3.95. The van der Waals surface area contributed by atoms with Crippen LogP contribution in [0.25, 0.3) is 0 Å². The molecule has 2 rings (SSSR count). The number of carbonyl (C=O) groups is 1. The lowest BCUT2D eigenvalue weighted by Crippen LogP contribution is -2.57. The maximum Gasteiger partial charge on any atom is 0.254 e. The first-order valence-electron chi connectivity index (χ1n) is 7.39. The average molecular weight is 329 g/mol. The Kier molecular flexibility index (Phi) is 7.65. The molecule has 1 aromatic rings. The predicted octanol–water partition coefficient (Wildman–Crippen LogP) is 1.96. The summed E-state index contributed by atoms with van der Waals surface area (Å²) in [5, 5.41) is 3.38. The van der Waals surface area contributed by atoms with E-state index in [1.165, 1.54) is 0 Å². The van der Waals surface area contributed by atoms with Crippen molar-refractivity contribution in [3.8, 4) is 5.75 Å². The van der Waals surface area contributed by atoms with Gasteiger partial charge < -0.3 is 19.7 Å². The molecule has 1 amide bonds. The Morgan fingerprint density at radius 3 is 2.59 bits per heavy atom. The third-order valence-corrected chi connectivity index (χ3v) is 3.95. The molecule has 0 aliphatic carbocycles. The van der Waals surface area contributed by atoms with E-state index >= 15 is 0 Å². The van der Waals surface area contributed by atoms with Crippen LogP contribution in [0.5, 0.6) is 5.75 Å². The predicted molar refractivity (Wildman–Crippen MR) is 89.0 cm³/mol. The lowest BCUT2D eigenvalue weighted by atomic mass is 10.1. The summed E-state index contributed by atoms with van der Waals surface area (Å²) < 4.78 is 10.4. The zero-order chi connectivity index (χ0) is 15.2. The van der Waals surface area contributed by atoms with Gasteiger partial charge in [0.05, 0.1) is 6.61 Å². The molecule has 0 spiro atoms. The standard InChI is InChI=1S/C16H24N2O3.ClH/c1-12-13(2)18(9-8-17-12)16(19)14-4-6-15(7-5-14)21-11-10-20-3;/h4-7,12-13,17H,8-11H2,1-3H3;1H. The van der Waals surface area contributed by atoms with Crippen LogP contribution in [0, 0.1) is 0 Å². The highest BCUT2D eigenvalue weighted by atomic mass is 35.5. The number of methoxy groups -OCH3 is 1. The van der Waals surface area contributed by atoms with Crippen LogP contribution in [0.1, 0.15) is 24.2 Å². The van der Waals surface area contributed by atoms with Gasteiger partial charge in [0.25, 0.3) is 5.91 Å². The zero-order valence-corrected chi connectivity index (χ0v) is 14.2. The fourth-order valence-corrected chi connectivity index (χ4v) is 2.45. The third kappa shape index (κ3) is 4.60. The van der Waals surface area contributed by atoms with Crippen molar-refractivity contribution in [2.24, 2.45) is 0 Å². The van der Waals surface area contributed by atoms with Crippen LogP contribution in [0.2, 0.25) is 0 Å². The topological polar surface area (TPSA) is 50.8 Å². The molecule has 124 valence electrons. The minimum Gasteiger partial charge on any atom is -0.491 e. The van der Waals surface area contributed by atoms with Crippen molar-refractivity contribution in [1.29, 1.82) is 0 Å². The molecule has 0 radical (unpaired) electrons. The first-order chi connectivity index (χ1) is 10.1.